The Hall–Kier alpha value is -2.31. The fourth-order valence-electron chi connectivity index (χ4n) is 3.68. The molecule has 1 aliphatic rings. The summed E-state index contributed by atoms with van der Waals surface area (Å²) in [7, 11) is 0. The number of hydrogen-bond acceptors (Lipinski definition) is 5. The lowest BCUT2D eigenvalue weighted by Gasteiger charge is -2.28. The van der Waals surface area contributed by atoms with Gasteiger partial charge in [0.15, 0.2) is 5.82 Å². The number of aromatic nitrogens is 3. The van der Waals surface area contributed by atoms with Crippen LogP contribution in [0.4, 0.5) is 0 Å². The maximum absolute atomic E-state index is 6.11. The smallest absolute Gasteiger partial charge is 0.169 e. The van der Waals surface area contributed by atoms with Gasteiger partial charge < -0.3 is 0 Å². The number of benzene rings is 1. The summed E-state index contributed by atoms with van der Waals surface area (Å²) in [6, 6.07) is 13.7. The van der Waals surface area contributed by atoms with Crippen LogP contribution in [-0.4, -0.2) is 26.4 Å². The molecular formula is C23H18Cl2N4S. The van der Waals surface area contributed by atoms with E-state index in [4.69, 9.17) is 28.2 Å². The minimum atomic E-state index is 0.611. The lowest BCUT2D eigenvalue weighted by Crippen LogP contribution is -2.31. The molecule has 0 saturated carbocycles. The van der Waals surface area contributed by atoms with Crippen LogP contribution >= 0.6 is 34.5 Å². The van der Waals surface area contributed by atoms with Crippen molar-refractivity contribution in [2.75, 3.05) is 6.54 Å². The van der Waals surface area contributed by atoms with Crippen LogP contribution in [0.5, 0.6) is 0 Å². The number of pyridine rings is 1. The Bertz CT molecular complexity index is 1160. The monoisotopic (exact) mass is 452 g/mol. The third-order valence-corrected chi connectivity index (χ3v) is 6.45. The highest BCUT2D eigenvalue weighted by Gasteiger charge is 2.19. The fraction of sp³-hybridized carbons (Fsp3) is 0.174. The third-order valence-electron chi connectivity index (χ3n) is 5.14. The number of thiophene rings is 1. The fourth-order valence-corrected chi connectivity index (χ4v) is 4.87. The Labute approximate surface area is 189 Å². The van der Waals surface area contributed by atoms with Crippen molar-refractivity contribution < 1.29 is 0 Å². The maximum atomic E-state index is 6.11. The van der Waals surface area contributed by atoms with Gasteiger partial charge in [0.05, 0.1) is 16.3 Å². The van der Waals surface area contributed by atoms with Crippen LogP contribution in [0.25, 0.3) is 22.0 Å². The second-order valence-corrected chi connectivity index (χ2v) is 9.13. The molecule has 0 atom stereocenters. The van der Waals surface area contributed by atoms with Gasteiger partial charge in [-0.3, -0.25) is 9.88 Å². The Balaban J connectivity index is 1.28. The van der Waals surface area contributed by atoms with Gasteiger partial charge in [0.1, 0.15) is 0 Å². The normalized spacial score (nSPS) is 13.9. The predicted molar refractivity (Wildman–Crippen MR) is 123 cm³/mol. The Kier molecular flexibility index (Phi) is 5.52. The molecule has 0 aliphatic carbocycles. The van der Waals surface area contributed by atoms with Crippen molar-refractivity contribution in [1.82, 2.24) is 19.9 Å². The summed E-state index contributed by atoms with van der Waals surface area (Å²) in [5.74, 6) is 0.832. The van der Waals surface area contributed by atoms with Gasteiger partial charge in [-0.15, -0.1) is 11.3 Å². The third kappa shape index (κ3) is 4.25. The SMILES string of the molecule is Clc1cc(Cl)cc(-c2ccc(CN3CCc4nc(-c5cccs5)ncc4C3)cn2)c1. The predicted octanol–water partition coefficient (Wildman–Crippen LogP) is 6.13. The molecular weight excluding hydrogens is 435 g/mol. The van der Waals surface area contributed by atoms with Crippen LogP contribution in [-0.2, 0) is 19.5 Å². The van der Waals surface area contributed by atoms with Crippen LogP contribution in [0.2, 0.25) is 10.0 Å². The summed E-state index contributed by atoms with van der Waals surface area (Å²) >= 11 is 13.9. The Morgan fingerprint density at radius 1 is 1.00 bits per heavy atom. The first kappa shape index (κ1) is 19.6. The van der Waals surface area contributed by atoms with E-state index in [-0.39, 0.29) is 0 Å². The largest absolute Gasteiger partial charge is 0.294 e. The minimum absolute atomic E-state index is 0.611. The van der Waals surface area contributed by atoms with Gasteiger partial charge in [0.25, 0.3) is 0 Å². The first-order chi connectivity index (χ1) is 14.6. The van der Waals surface area contributed by atoms with Gasteiger partial charge in [0, 0.05) is 59.6 Å². The number of rotatable bonds is 4. The van der Waals surface area contributed by atoms with Crippen LogP contribution < -0.4 is 0 Å². The zero-order valence-electron chi connectivity index (χ0n) is 16.1. The Morgan fingerprint density at radius 2 is 1.87 bits per heavy atom. The van der Waals surface area contributed by atoms with E-state index in [0.717, 1.165) is 53.7 Å². The maximum Gasteiger partial charge on any atom is 0.169 e. The van der Waals surface area contributed by atoms with Crippen LogP contribution in [0.3, 0.4) is 0 Å². The average Bonchev–Trinajstić information content (AvgIpc) is 3.28. The van der Waals surface area contributed by atoms with Crippen LogP contribution in [0.1, 0.15) is 16.8 Å². The van der Waals surface area contributed by atoms with Gasteiger partial charge in [-0.2, -0.15) is 0 Å². The zero-order valence-corrected chi connectivity index (χ0v) is 18.4. The van der Waals surface area contributed by atoms with E-state index in [1.165, 1.54) is 11.1 Å². The summed E-state index contributed by atoms with van der Waals surface area (Å²) in [4.78, 5) is 17.5. The molecule has 0 saturated heterocycles. The number of nitrogens with zero attached hydrogens (tertiary/aromatic N) is 4. The van der Waals surface area contributed by atoms with Crippen molar-refractivity contribution in [2.24, 2.45) is 0 Å². The summed E-state index contributed by atoms with van der Waals surface area (Å²) in [6.45, 7) is 2.67. The molecule has 0 N–H and O–H groups in total. The van der Waals surface area contributed by atoms with E-state index >= 15 is 0 Å². The molecule has 4 aromatic rings. The van der Waals surface area contributed by atoms with Gasteiger partial charge in [0.2, 0.25) is 0 Å². The highest BCUT2D eigenvalue weighted by molar-refractivity contribution is 7.13. The molecule has 1 aliphatic heterocycles. The molecule has 150 valence electrons. The number of fused-ring (bicyclic) bond motifs is 1. The van der Waals surface area contributed by atoms with E-state index in [1.54, 1.807) is 17.4 Å². The molecule has 0 bridgehead atoms. The summed E-state index contributed by atoms with van der Waals surface area (Å²) < 4.78 is 0. The van der Waals surface area contributed by atoms with Crippen molar-refractivity contribution in [3.8, 4) is 22.0 Å². The van der Waals surface area contributed by atoms with Gasteiger partial charge in [-0.25, -0.2) is 9.97 Å². The minimum Gasteiger partial charge on any atom is -0.294 e. The molecule has 0 unspecified atom stereocenters. The van der Waals surface area contributed by atoms with E-state index in [2.05, 4.69) is 32.4 Å². The van der Waals surface area contributed by atoms with Gasteiger partial charge >= 0.3 is 0 Å². The second-order valence-electron chi connectivity index (χ2n) is 7.31. The summed E-state index contributed by atoms with van der Waals surface area (Å²) in [6.07, 6.45) is 4.84. The molecule has 4 heterocycles. The molecule has 0 radical (unpaired) electrons. The van der Waals surface area contributed by atoms with Gasteiger partial charge in [-0.05, 0) is 41.3 Å². The van der Waals surface area contributed by atoms with Crippen LogP contribution in [0.15, 0.2) is 60.2 Å². The molecule has 4 nitrogen and oxygen atoms in total. The molecule has 0 amide bonds. The zero-order chi connectivity index (χ0) is 20.5. The molecule has 0 spiro atoms. The standard InChI is InChI=1S/C23H18Cl2N4S/c24-18-8-16(9-19(25)10-18)20-4-3-15(11-26-20)13-29-6-5-21-17(14-29)12-27-23(28-21)22-2-1-7-30-22/h1-4,7-12H,5-6,13-14H2. The molecule has 30 heavy (non-hydrogen) atoms. The lowest BCUT2D eigenvalue weighted by molar-refractivity contribution is 0.242. The van der Waals surface area contributed by atoms with Crippen molar-refractivity contribution >= 4 is 34.5 Å². The Morgan fingerprint density at radius 3 is 2.60 bits per heavy atom. The summed E-state index contributed by atoms with van der Waals surface area (Å²) in [5.41, 5.74) is 5.33. The van der Waals surface area contributed by atoms with E-state index in [0.29, 0.717) is 10.0 Å². The first-order valence-corrected chi connectivity index (χ1v) is 11.3. The van der Waals surface area contributed by atoms with E-state index in [9.17, 15) is 0 Å². The molecule has 3 aromatic heterocycles. The molecule has 7 heteroatoms. The van der Waals surface area contributed by atoms with E-state index in [1.807, 2.05) is 36.7 Å². The topological polar surface area (TPSA) is 41.9 Å². The quantitative estimate of drug-likeness (QED) is 0.373. The van der Waals surface area contributed by atoms with Crippen LogP contribution in [0, 0.1) is 0 Å². The molecule has 1 aromatic carbocycles. The second kappa shape index (κ2) is 8.44. The average molecular weight is 453 g/mol. The van der Waals surface area contributed by atoms with Crippen molar-refractivity contribution in [1.29, 1.82) is 0 Å². The molecule has 0 fully saturated rings. The van der Waals surface area contributed by atoms with E-state index < -0.39 is 0 Å². The number of hydrogen-bond donors (Lipinski definition) is 0. The molecule has 5 rings (SSSR count). The highest BCUT2D eigenvalue weighted by atomic mass is 35.5. The van der Waals surface area contributed by atoms with Crippen molar-refractivity contribution in [3.05, 3.63) is 87.1 Å². The van der Waals surface area contributed by atoms with Crippen molar-refractivity contribution in [2.45, 2.75) is 19.5 Å². The first-order valence-electron chi connectivity index (χ1n) is 9.66. The number of halogens is 2. The highest BCUT2D eigenvalue weighted by Crippen LogP contribution is 2.27. The van der Waals surface area contributed by atoms with Gasteiger partial charge in [-0.1, -0.05) is 35.3 Å². The van der Waals surface area contributed by atoms with Crippen molar-refractivity contribution in [3.63, 3.8) is 0 Å². The lowest BCUT2D eigenvalue weighted by atomic mass is 10.1. The summed E-state index contributed by atoms with van der Waals surface area (Å²) in [5, 5.41) is 3.28.